The highest BCUT2D eigenvalue weighted by Crippen LogP contribution is 2.26. The first-order valence-corrected chi connectivity index (χ1v) is 10.0. The van der Waals surface area contributed by atoms with Crippen LogP contribution in [0.15, 0.2) is 23.3 Å². The van der Waals surface area contributed by atoms with Gasteiger partial charge in [0.1, 0.15) is 6.54 Å². The first-order chi connectivity index (χ1) is 11.3. The van der Waals surface area contributed by atoms with Gasteiger partial charge in [-0.05, 0) is 50.7 Å². The molecule has 132 valence electrons. The van der Waals surface area contributed by atoms with Gasteiger partial charge in [-0.15, -0.1) is 0 Å². The second-order valence-corrected chi connectivity index (χ2v) is 8.19. The van der Waals surface area contributed by atoms with Crippen LogP contribution in [-0.2, 0) is 14.8 Å². The second kappa shape index (κ2) is 7.79. The molecule has 0 saturated heterocycles. The number of nitrogens with one attached hydrogen (secondary N) is 1. The molecule has 0 atom stereocenters. The van der Waals surface area contributed by atoms with Crippen LogP contribution < -0.4 is 9.73 Å². The Morgan fingerprint density at radius 3 is 2.29 bits per heavy atom. The predicted molar refractivity (Wildman–Crippen MR) is 96.8 cm³/mol. The Morgan fingerprint density at radius 2 is 1.75 bits per heavy atom. The Bertz CT molecular complexity index is 713. The number of anilines is 1. The number of hydrogen-bond donors (Lipinski definition) is 1. The van der Waals surface area contributed by atoms with Crippen molar-refractivity contribution in [2.75, 3.05) is 17.1 Å². The van der Waals surface area contributed by atoms with E-state index in [0.29, 0.717) is 5.69 Å². The Labute approximate surface area is 144 Å². The van der Waals surface area contributed by atoms with Gasteiger partial charge in [0.2, 0.25) is 10.0 Å². The lowest BCUT2D eigenvalue weighted by Gasteiger charge is -2.25. The van der Waals surface area contributed by atoms with Gasteiger partial charge in [0, 0.05) is 5.71 Å². The van der Waals surface area contributed by atoms with Gasteiger partial charge in [-0.2, -0.15) is 5.10 Å². The van der Waals surface area contributed by atoms with Crippen LogP contribution in [0.1, 0.15) is 43.2 Å². The number of carbonyl (C=O) groups is 1. The van der Waals surface area contributed by atoms with Gasteiger partial charge >= 0.3 is 0 Å². The maximum Gasteiger partial charge on any atom is 0.260 e. The lowest BCUT2D eigenvalue weighted by atomic mass is 9.99. The summed E-state index contributed by atoms with van der Waals surface area (Å²) in [4.78, 5) is 12.2. The SMILES string of the molecule is Cc1cccc(C)c1N(CC(=O)NN=C1CCCCC1)S(C)(=O)=O. The van der Waals surface area contributed by atoms with E-state index in [1.165, 1.54) is 6.42 Å². The molecule has 0 heterocycles. The molecule has 24 heavy (non-hydrogen) atoms. The molecular formula is C17H25N3O3S. The standard InChI is InChI=1S/C17H25N3O3S/c1-13-8-7-9-14(2)17(13)20(24(3,22)23)12-16(21)19-18-15-10-5-4-6-11-15/h7-9H,4-6,10-12H2,1-3H3,(H,19,21). The van der Waals surface area contributed by atoms with Crippen molar-refractivity contribution in [2.45, 2.75) is 46.0 Å². The molecule has 0 aliphatic heterocycles. The number of para-hydroxylation sites is 1. The van der Waals surface area contributed by atoms with Crippen LogP contribution in [0.4, 0.5) is 5.69 Å². The smallest absolute Gasteiger partial charge is 0.260 e. The van der Waals surface area contributed by atoms with Crippen LogP contribution in [0.5, 0.6) is 0 Å². The van der Waals surface area contributed by atoms with E-state index in [1.807, 2.05) is 32.0 Å². The molecule has 1 aromatic rings. The number of rotatable bonds is 5. The van der Waals surface area contributed by atoms with Gasteiger partial charge in [-0.25, -0.2) is 13.8 Å². The number of hydrogen-bond acceptors (Lipinski definition) is 4. The summed E-state index contributed by atoms with van der Waals surface area (Å²) in [7, 11) is -3.58. The van der Waals surface area contributed by atoms with E-state index in [4.69, 9.17) is 0 Å². The van der Waals surface area contributed by atoms with E-state index >= 15 is 0 Å². The van der Waals surface area contributed by atoms with Crippen LogP contribution in [0.3, 0.4) is 0 Å². The van der Waals surface area contributed by atoms with E-state index in [-0.39, 0.29) is 6.54 Å². The molecule has 1 fully saturated rings. The number of benzene rings is 1. The molecule has 6 nitrogen and oxygen atoms in total. The average molecular weight is 351 g/mol. The molecule has 0 unspecified atom stereocenters. The third-order valence-electron chi connectivity index (χ3n) is 4.15. The molecule has 0 radical (unpaired) electrons. The van der Waals surface area contributed by atoms with Gasteiger partial charge < -0.3 is 0 Å². The van der Waals surface area contributed by atoms with Crippen LogP contribution in [-0.4, -0.2) is 32.8 Å². The minimum Gasteiger partial charge on any atom is -0.271 e. The minimum atomic E-state index is -3.58. The molecule has 1 aromatic carbocycles. The van der Waals surface area contributed by atoms with E-state index in [9.17, 15) is 13.2 Å². The van der Waals surface area contributed by atoms with Crippen molar-refractivity contribution in [1.29, 1.82) is 0 Å². The lowest BCUT2D eigenvalue weighted by molar-refractivity contribution is -0.119. The molecule has 1 aliphatic carbocycles. The van der Waals surface area contributed by atoms with Gasteiger partial charge in [0.15, 0.2) is 0 Å². The Morgan fingerprint density at radius 1 is 1.17 bits per heavy atom. The van der Waals surface area contributed by atoms with Crippen molar-refractivity contribution in [2.24, 2.45) is 5.10 Å². The number of carbonyl (C=O) groups excluding carboxylic acids is 1. The summed E-state index contributed by atoms with van der Waals surface area (Å²) in [5.74, 6) is -0.429. The fourth-order valence-corrected chi connectivity index (χ4v) is 3.91. The van der Waals surface area contributed by atoms with Crippen molar-refractivity contribution in [3.63, 3.8) is 0 Å². The third kappa shape index (κ3) is 4.80. The molecule has 1 amide bonds. The second-order valence-electron chi connectivity index (χ2n) is 6.28. The molecule has 1 saturated carbocycles. The molecule has 2 rings (SSSR count). The quantitative estimate of drug-likeness (QED) is 0.828. The molecular weight excluding hydrogens is 326 g/mol. The highest BCUT2D eigenvalue weighted by atomic mass is 32.2. The number of nitrogens with zero attached hydrogens (tertiary/aromatic N) is 2. The first kappa shape index (κ1) is 18.4. The highest BCUT2D eigenvalue weighted by Gasteiger charge is 2.23. The molecule has 0 aromatic heterocycles. The summed E-state index contributed by atoms with van der Waals surface area (Å²) in [6.07, 6.45) is 6.28. The summed E-state index contributed by atoms with van der Waals surface area (Å²) in [6, 6.07) is 5.53. The zero-order valence-corrected chi connectivity index (χ0v) is 15.3. The van der Waals surface area contributed by atoms with Gasteiger partial charge in [-0.3, -0.25) is 9.10 Å². The van der Waals surface area contributed by atoms with Crippen molar-refractivity contribution in [1.82, 2.24) is 5.43 Å². The number of hydrazone groups is 1. The van der Waals surface area contributed by atoms with E-state index < -0.39 is 15.9 Å². The largest absolute Gasteiger partial charge is 0.271 e. The Balaban J connectivity index is 2.16. The van der Waals surface area contributed by atoms with Crippen LogP contribution in [0.25, 0.3) is 0 Å². The zero-order chi connectivity index (χ0) is 17.7. The normalized spacial score (nSPS) is 15.0. The predicted octanol–water partition coefficient (Wildman–Crippen LogP) is 2.51. The third-order valence-corrected chi connectivity index (χ3v) is 5.26. The van der Waals surface area contributed by atoms with E-state index in [2.05, 4.69) is 10.5 Å². The van der Waals surface area contributed by atoms with Crippen molar-refractivity contribution >= 4 is 27.3 Å². The summed E-state index contributed by atoms with van der Waals surface area (Å²) in [5, 5.41) is 4.15. The maximum atomic E-state index is 12.2. The number of aryl methyl sites for hydroxylation is 2. The molecule has 0 bridgehead atoms. The molecule has 0 spiro atoms. The fraction of sp³-hybridized carbons (Fsp3) is 0.529. The average Bonchev–Trinajstić information content (AvgIpc) is 2.52. The van der Waals surface area contributed by atoms with Crippen LogP contribution in [0, 0.1) is 13.8 Å². The lowest BCUT2D eigenvalue weighted by Crippen LogP contribution is -2.40. The van der Waals surface area contributed by atoms with Crippen molar-refractivity contribution in [3.05, 3.63) is 29.3 Å². The Hall–Kier alpha value is -1.89. The molecule has 1 aliphatic rings. The molecule has 1 N–H and O–H groups in total. The Kier molecular flexibility index (Phi) is 5.99. The van der Waals surface area contributed by atoms with Gasteiger partial charge in [0.25, 0.3) is 5.91 Å². The summed E-state index contributed by atoms with van der Waals surface area (Å²) >= 11 is 0. The topological polar surface area (TPSA) is 78.8 Å². The zero-order valence-electron chi connectivity index (χ0n) is 14.5. The summed E-state index contributed by atoms with van der Waals surface area (Å²) in [6.45, 7) is 3.39. The van der Waals surface area contributed by atoms with Crippen molar-refractivity contribution < 1.29 is 13.2 Å². The summed E-state index contributed by atoms with van der Waals surface area (Å²) in [5.41, 5.74) is 5.67. The monoisotopic (exact) mass is 351 g/mol. The van der Waals surface area contributed by atoms with Gasteiger partial charge in [-0.1, -0.05) is 24.6 Å². The highest BCUT2D eigenvalue weighted by molar-refractivity contribution is 7.92. The maximum absolute atomic E-state index is 12.2. The fourth-order valence-electron chi connectivity index (χ4n) is 2.94. The van der Waals surface area contributed by atoms with E-state index in [1.54, 1.807) is 0 Å². The van der Waals surface area contributed by atoms with Gasteiger partial charge in [0.05, 0.1) is 11.9 Å². The first-order valence-electron chi connectivity index (χ1n) is 8.17. The number of sulfonamides is 1. The molecule has 7 heteroatoms. The number of amides is 1. The minimum absolute atomic E-state index is 0.276. The van der Waals surface area contributed by atoms with Crippen LogP contribution in [0.2, 0.25) is 0 Å². The summed E-state index contributed by atoms with van der Waals surface area (Å²) < 4.78 is 25.5. The van der Waals surface area contributed by atoms with Crippen LogP contribution >= 0.6 is 0 Å². The van der Waals surface area contributed by atoms with Crippen molar-refractivity contribution in [3.8, 4) is 0 Å². The van der Waals surface area contributed by atoms with E-state index in [0.717, 1.165) is 53.1 Å².